The van der Waals surface area contributed by atoms with Crippen molar-refractivity contribution in [2.75, 3.05) is 25.0 Å². The molecular weight excluding hydrogens is 464 g/mol. The molecule has 0 spiro atoms. The van der Waals surface area contributed by atoms with Gasteiger partial charge in [0.15, 0.2) is 0 Å². The monoisotopic (exact) mass is 494 g/mol. The van der Waals surface area contributed by atoms with Crippen molar-refractivity contribution in [3.63, 3.8) is 0 Å². The molecule has 11 heteroatoms. The van der Waals surface area contributed by atoms with Crippen molar-refractivity contribution in [2.45, 2.75) is 63.3 Å². The number of nitrogens with one attached hydrogen (secondary N) is 1. The smallest absolute Gasteiger partial charge is 0.327 e. The molecule has 1 aliphatic carbocycles. The van der Waals surface area contributed by atoms with Gasteiger partial charge in [-0.25, -0.2) is 4.79 Å². The van der Waals surface area contributed by atoms with Crippen LogP contribution in [0.2, 0.25) is 0 Å². The highest BCUT2D eigenvalue weighted by atomic mass is 19.4. The van der Waals surface area contributed by atoms with Gasteiger partial charge < -0.3 is 11.1 Å². The summed E-state index contributed by atoms with van der Waals surface area (Å²) in [5.41, 5.74) is 2.72. The Morgan fingerprint density at radius 1 is 0.971 bits per heavy atom. The van der Waals surface area contributed by atoms with Crippen LogP contribution in [-0.4, -0.2) is 42.5 Å². The first-order valence-corrected chi connectivity index (χ1v) is 11.5. The van der Waals surface area contributed by atoms with Gasteiger partial charge in [0, 0.05) is 36.9 Å². The highest BCUT2D eigenvalue weighted by Crippen LogP contribution is 2.38. The number of hydrogen-bond acceptors (Lipinski definition) is 3. The van der Waals surface area contributed by atoms with Gasteiger partial charge in [0.1, 0.15) is 0 Å². The summed E-state index contributed by atoms with van der Waals surface area (Å²) in [5.74, 6) is -0.500. The maximum atomic E-state index is 13.0. The fourth-order valence-corrected chi connectivity index (χ4v) is 5.10. The van der Waals surface area contributed by atoms with Crippen LogP contribution >= 0.6 is 0 Å². The predicted octanol–water partition coefficient (Wildman–Crippen LogP) is 4.95. The van der Waals surface area contributed by atoms with Gasteiger partial charge in [-0.15, -0.1) is 0 Å². The number of nitrogens with two attached hydrogens (primary N) is 1. The van der Waals surface area contributed by atoms with Crippen molar-refractivity contribution in [1.29, 1.82) is 0 Å². The molecule has 34 heavy (non-hydrogen) atoms. The number of carbonyl (C=O) groups excluding carboxylic acids is 2. The maximum Gasteiger partial charge on any atom is 0.416 e. The molecule has 1 heterocycles. The standard InChI is InChI=1S/C23H29F6N3O2/c24-22(25,26)17-10-18(23(27,28)29)12-19(11-17)31-21(34)9-15-5-7-32(14-33,8-6-15)13-16-3-1-2-4-20(16)30/h10-12,14-16,20H,1-9,13,30H2/p+1. The Labute approximate surface area is 194 Å². The minimum absolute atomic E-state index is 0.0198. The molecule has 1 saturated heterocycles. The molecule has 5 nitrogen and oxygen atoms in total. The van der Waals surface area contributed by atoms with E-state index in [0.29, 0.717) is 44.6 Å². The lowest BCUT2D eigenvalue weighted by molar-refractivity contribution is -0.856. The van der Waals surface area contributed by atoms with Crippen molar-refractivity contribution in [3.8, 4) is 0 Å². The molecule has 0 bridgehead atoms. The highest BCUT2D eigenvalue weighted by molar-refractivity contribution is 5.91. The van der Waals surface area contributed by atoms with Crippen molar-refractivity contribution in [2.24, 2.45) is 17.6 Å². The number of amides is 2. The second kappa shape index (κ2) is 10.2. The molecule has 2 unspecified atom stereocenters. The van der Waals surface area contributed by atoms with Gasteiger partial charge in [0.05, 0.1) is 30.8 Å². The average molecular weight is 495 g/mol. The van der Waals surface area contributed by atoms with E-state index in [9.17, 15) is 35.9 Å². The number of rotatable bonds is 6. The minimum Gasteiger partial charge on any atom is -0.327 e. The molecule has 1 aromatic carbocycles. The number of quaternary nitrogens is 1. The molecule has 0 aromatic heterocycles. The van der Waals surface area contributed by atoms with Crippen molar-refractivity contribution < 1.29 is 40.4 Å². The van der Waals surface area contributed by atoms with E-state index < -0.39 is 35.1 Å². The Bertz CT molecular complexity index is 846. The zero-order valence-electron chi connectivity index (χ0n) is 18.7. The van der Waals surface area contributed by atoms with Crippen LogP contribution in [0.4, 0.5) is 32.0 Å². The molecular formula is C23H30F6N3O2+. The predicted molar refractivity (Wildman–Crippen MR) is 113 cm³/mol. The normalized spacial score (nSPS) is 28.4. The summed E-state index contributed by atoms with van der Waals surface area (Å²) in [6, 6.07) is 1.08. The maximum absolute atomic E-state index is 13.0. The number of likely N-dealkylation sites (tertiary alicyclic amines) is 1. The molecule has 1 saturated carbocycles. The Morgan fingerprint density at radius 2 is 1.53 bits per heavy atom. The van der Waals surface area contributed by atoms with E-state index >= 15 is 0 Å². The molecule has 2 atom stereocenters. The van der Waals surface area contributed by atoms with Gasteiger partial charge in [-0.1, -0.05) is 12.8 Å². The van der Waals surface area contributed by atoms with Gasteiger partial charge in [0.2, 0.25) is 5.91 Å². The van der Waals surface area contributed by atoms with E-state index in [1.807, 2.05) is 0 Å². The molecule has 190 valence electrons. The topological polar surface area (TPSA) is 72.2 Å². The van der Waals surface area contributed by atoms with Crippen LogP contribution in [0.3, 0.4) is 0 Å². The van der Waals surface area contributed by atoms with Crippen LogP contribution in [0.1, 0.15) is 56.1 Å². The first kappa shape index (κ1) is 26.5. The quantitative estimate of drug-likeness (QED) is 0.334. The summed E-state index contributed by atoms with van der Waals surface area (Å²) < 4.78 is 78.4. The Morgan fingerprint density at radius 3 is 2.03 bits per heavy atom. The van der Waals surface area contributed by atoms with Crippen LogP contribution < -0.4 is 11.1 Å². The zero-order chi connectivity index (χ0) is 25.1. The number of piperidine rings is 1. The SMILES string of the molecule is NC1CCCCC1C[N+]1(C=O)CCC(CC(=O)Nc2cc(C(F)(F)F)cc(C(F)(F)F)c2)CC1. The van der Waals surface area contributed by atoms with Crippen molar-refractivity contribution in [1.82, 2.24) is 0 Å². The summed E-state index contributed by atoms with van der Waals surface area (Å²) in [5, 5.41) is 2.19. The first-order valence-electron chi connectivity index (χ1n) is 11.5. The summed E-state index contributed by atoms with van der Waals surface area (Å²) in [7, 11) is 0. The molecule has 2 fully saturated rings. The zero-order valence-corrected chi connectivity index (χ0v) is 18.7. The lowest BCUT2D eigenvalue weighted by Gasteiger charge is -2.42. The van der Waals surface area contributed by atoms with Gasteiger partial charge in [-0.3, -0.25) is 9.28 Å². The second-order valence-electron chi connectivity index (χ2n) is 9.65. The number of anilines is 1. The number of carbonyl (C=O) groups is 2. The van der Waals surface area contributed by atoms with E-state index in [4.69, 9.17) is 5.73 Å². The Hall–Kier alpha value is -2.14. The van der Waals surface area contributed by atoms with Crippen molar-refractivity contribution >= 4 is 18.0 Å². The van der Waals surface area contributed by atoms with E-state index in [-0.39, 0.29) is 34.8 Å². The lowest BCUT2D eigenvalue weighted by Crippen LogP contribution is -2.56. The number of benzene rings is 1. The average Bonchev–Trinajstić information content (AvgIpc) is 2.75. The van der Waals surface area contributed by atoms with Gasteiger partial charge in [-0.2, -0.15) is 26.3 Å². The van der Waals surface area contributed by atoms with Gasteiger partial charge in [-0.05, 0) is 37.0 Å². The lowest BCUT2D eigenvalue weighted by atomic mass is 9.83. The number of hydrogen-bond donors (Lipinski definition) is 2. The second-order valence-corrected chi connectivity index (χ2v) is 9.65. The minimum atomic E-state index is -4.99. The van der Waals surface area contributed by atoms with Crippen LogP contribution in [0.15, 0.2) is 18.2 Å². The molecule has 3 N–H and O–H groups in total. The van der Waals surface area contributed by atoms with Crippen LogP contribution in [0, 0.1) is 11.8 Å². The Kier molecular flexibility index (Phi) is 7.96. The van der Waals surface area contributed by atoms with E-state index in [0.717, 1.165) is 32.1 Å². The summed E-state index contributed by atoms with van der Waals surface area (Å²) in [4.78, 5) is 24.4. The number of alkyl halides is 6. The molecule has 0 radical (unpaired) electrons. The van der Waals surface area contributed by atoms with Crippen LogP contribution in [-0.2, 0) is 21.9 Å². The first-order chi connectivity index (χ1) is 15.8. The summed E-state index contributed by atoms with van der Waals surface area (Å²) >= 11 is 0. The molecule has 3 rings (SSSR count). The Balaban J connectivity index is 1.60. The van der Waals surface area contributed by atoms with E-state index in [1.54, 1.807) is 0 Å². The van der Waals surface area contributed by atoms with E-state index in [1.165, 1.54) is 0 Å². The summed E-state index contributed by atoms with van der Waals surface area (Å²) in [6.45, 7) is 1.73. The summed E-state index contributed by atoms with van der Waals surface area (Å²) in [6.07, 6.45) is -3.84. The van der Waals surface area contributed by atoms with Crippen LogP contribution in [0.25, 0.3) is 0 Å². The van der Waals surface area contributed by atoms with Gasteiger partial charge in [0.25, 0.3) is 0 Å². The highest BCUT2D eigenvalue weighted by Gasteiger charge is 2.39. The third-order valence-corrected chi connectivity index (χ3v) is 7.10. The number of nitrogens with zero attached hydrogens (tertiary/aromatic N) is 1. The van der Waals surface area contributed by atoms with Crippen LogP contribution in [0.5, 0.6) is 0 Å². The third kappa shape index (κ3) is 6.71. The fraction of sp³-hybridized carbons (Fsp3) is 0.652. The number of halogens is 6. The van der Waals surface area contributed by atoms with E-state index in [2.05, 4.69) is 5.32 Å². The molecule has 1 aromatic rings. The molecule has 2 aliphatic rings. The largest absolute Gasteiger partial charge is 0.416 e. The van der Waals surface area contributed by atoms with Crippen molar-refractivity contribution in [3.05, 3.63) is 29.3 Å². The third-order valence-electron chi connectivity index (χ3n) is 7.10. The fourth-order valence-electron chi connectivity index (χ4n) is 5.10. The molecule has 2 amide bonds. The molecule has 1 aliphatic heterocycles. The van der Waals surface area contributed by atoms with Gasteiger partial charge >= 0.3 is 18.8 Å².